The van der Waals surface area contributed by atoms with E-state index in [9.17, 15) is 13.2 Å². The zero-order valence-electron chi connectivity index (χ0n) is 9.81. The third kappa shape index (κ3) is 3.35. The number of hydrogen-bond donors (Lipinski definition) is 0. The van der Waals surface area contributed by atoms with Crippen LogP contribution in [-0.2, 0) is 14.6 Å². The van der Waals surface area contributed by atoms with Gasteiger partial charge < -0.3 is 4.90 Å². The van der Waals surface area contributed by atoms with Gasteiger partial charge in [0.2, 0.25) is 5.91 Å². The van der Waals surface area contributed by atoms with Crippen LogP contribution >= 0.6 is 11.6 Å². The van der Waals surface area contributed by atoms with E-state index in [-0.39, 0.29) is 11.3 Å². The van der Waals surface area contributed by atoms with Crippen LogP contribution in [0.5, 0.6) is 0 Å². The zero-order chi connectivity index (χ0) is 12.5. The second kappa shape index (κ2) is 4.92. The van der Waals surface area contributed by atoms with E-state index in [1.165, 1.54) is 11.8 Å². The standard InChI is InChI=1S/C10H18ClNO3S/c1-7(16(3,14)15)10(13)12(2)6-8-4-9(11)5-8/h7-9H,4-6H2,1-3H3. The summed E-state index contributed by atoms with van der Waals surface area (Å²) in [6.45, 7) is 2.03. The summed E-state index contributed by atoms with van der Waals surface area (Å²) in [7, 11) is -1.66. The van der Waals surface area contributed by atoms with Gasteiger partial charge in [0.1, 0.15) is 5.25 Å². The first-order valence-electron chi connectivity index (χ1n) is 5.29. The number of carbonyl (C=O) groups excluding carboxylic acids is 1. The van der Waals surface area contributed by atoms with E-state index in [1.54, 1.807) is 7.05 Å². The second-order valence-electron chi connectivity index (χ2n) is 4.63. The monoisotopic (exact) mass is 267 g/mol. The number of sulfone groups is 1. The molecule has 0 heterocycles. The molecule has 0 spiro atoms. The first-order chi connectivity index (χ1) is 7.21. The number of amides is 1. The molecule has 6 heteroatoms. The molecular weight excluding hydrogens is 250 g/mol. The summed E-state index contributed by atoms with van der Waals surface area (Å²) in [5, 5.41) is -0.731. The summed E-state index contributed by atoms with van der Waals surface area (Å²) >= 11 is 5.84. The van der Waals surface area contributed by atoms with Gasteiger partial charge in [-0.3, -0.25) is 4.79 Å². The van der Waals surface area contributed by atoms with Crippen LogP contribution in [-0.4, -0.2) is 49.7 Å². The Bertz CT molecular complexity index is 362. The van der Waals surface area contributed by atoms with Gasteiger partial charge in [-0.25, -0.2) is 8.42 Å². The summed E-state index contributed by atoms with van der Waals surface area (Å²) in [6.07, 6.45) is 2.90. The average molecular weight is 268 g/mol. The Kier molecular flexibility index (Phi) is 4.23. The Hall–Kier alpha value is -0.290. The highest BCUT2D eigenvalue weighted by Crippen LogP contribution is 2.32. The molecule has 0 aromatic carbocycles. The average Bonchev–Trinajstić information content (AvgIpc) is 2.11. The maximum Gasteiger partial charge on any atom is 0.240 e. The Morgan fingerprint density at radius 3 is 2.38 bits per heavy atom. The smallest absolute Gasteiger partial charge is 0.240 e. The number of hydrogen-bond acceptors (Lipinski definition) is 3. The van der Waals surface area contributed by atoms with E-state index in [4.69, 9.17) is 11.6 Å². The fraction of sp³-hybridized carbons (Fsp3) is 0.900. The van der Waals surface area contributed by atoms with Crippen molar-refractivity contribution in [3.8, 4) is 0 Å². The molecule has 1 fully saturated rings. The number of carbonyl (C=O) groups is 1. The van der Waals surface area contributed by atoms with E-state index >= 15 is 0 Å². The molecule has 0 radical (unpaired) electrons. The van der Waals surface area contributed by atoms with Crippen molar-refractivity contribution in [3.63, 3.8) is 0 Å². The first-order valence-corrected chi connectivity index (χ1v) is 7.68. The molecule has 0 bridgehead atoms. The molecule has 1 aliphatic carbocycles. The van der Waals surface area contributed by atoms with Gasteiger partial charge in [0.25, 0.3) is 0 Å². The Labute approximate surface area is 102 Å². The minimum Gasteiger partial charge on any atom is -0.344 e. The fourth-order valence-corrected chi connectivity index (χ4v) is 2.82. The van der Waals surface area contributed by atoms with Crippen LogP contribution in [0, 0.1) is 5.92 Å². The number of alkyl halides is 1. The van der Waals surface area contributed by atoms with Gasteiger partial charge in [0, 0.05) is 25.2 Å². The molecule has 0 aromatic heterocycles. The predicted octanol–water partition coefficient (Wildman–Crippen LogP) is 0.895. The minimum absolute atomic E-state index is 0.223. The third-order valence-corrected chi connectivity index (χ3v) is 4.92. The highest BCUT2D eigenvalue weighted by Gasteiger charge is 2.32. The zero-order valence-corrected chi connectivity index (χ0v) is 11.4. The summed E-state index contributed by atoms with van der Waals surface area (Å²) in [6, 6.07) is 0. The maximum atomic E-state index is 11.8. The van der Waals surface area contributed by atoms with Crippen LogP contribution in [0.25, 0.3) is 0 Å². The third-order valence-electron chi connectivity index (χ3n) is 3.08. The van der Waals surface area contributed by atoms with Crippen LogP contribution in [0.1, 0.15) is 19.8 Å². The molecule has 0 aliphatic heterocycles. The van der Waals surface area contributed by atoms with Crippen molar-refractivity contribution >= 4 is 27.3 Å². The van der Waals surface area contributed by atoms with Crippen LogP contribution in [0.2, 0.25) is 0 Å². The van der Waals surface area contributed by atoms with E-state index in [0.717, 1.165) is 19.1 Å². The molecule has 1 saturated carbocycles. The SMILES string of the molecule is CC(C(=O)N(C)CC1CC(Cl)C1)S(C)(=O)=O. The van der Waals surface area contributed by atoms with Gasteiger partial charge in [0.15, 0.2) is 9.84 Å². The van der Waals surface area contributed by atoms with Crippen molar-refractivity contribution < 1.29 is 13.2 Å². The van der Waals surface area contributed by atoms with E-state index in [2.05, 4.69) is 0 Å². The summed E-state index contributed by atoms with van der Waals surface area (Å²) in [4.78, 5) is 13.3. The van der Waals surface area contributed by atoms with E-state index < -0.39 is 15.1 Å². The molecule has 0 saturated heterocycles. The summed E-state index contributed by atoms with van der Waals surface area (Å²) < 4.78 is 22.5. The lowest BCUT2D eigenvalue weighted by Crippen LogP contribution is -2.43. The largest absolute Gasteiger partial charge is 0.344 e. The van der Waals surface area contributed by atoms with Crippen molar-refractivity contribution in [2.75, 3.05) is 19.8 Å². The quantitative estimate of drug-likeness (QED) is 0.711. The minimum atomic E-state index is -3.30. The van der Waals surface area contributed by atoms with Crippen molar-refractivity contribution in [1.82, 2.24) is 4.90 Å². The van der Waals surface area contributed by atoms with Crippen LogP contribution < -0.4 is 0 Å². The van der Waals surface area contributed by atoms with E-state index in [1.807, 2.05) is 0 Å². The molecule has 4 nitrogen and oxygen atoms in total. The molecule has 16 heavy (non-hydrogen) atoms. The first kappa shape index (κ1) is 13.8. The summed E-state index contributed by atoms with van der Waals surface area (Å²) in [5.41, 5.74) is 0. The number of nitrogens with zero attached hydrogens (tertiary/aromatic N) is 1. The van der Waals surface area contributed by atoms with Crippen LogP contribution in [0.4, 0.5) is 0 Å². The molecule has 1 aliphatic rings. The van der Waals surface area contributed by atoms with Gasteiger partial charge in [0.05, 0.1) is 0 Å². The van der Waals surface area contributed by atoms with Crippen LogP contribution in [0.3, 0.4) is 0 Å². The number of halogens is 1. The predicted molar refractivity (Wildman–Crippen MR) is 64.3 cm³/mol. The van der Waals surface area contributed by atoms with Gasteiger partial charge >= 0.3 is 0 Å². The van der Waals surface area contributed by atoms with Crippen molar-refractivity contribution in [3.05, 3.63) is 0 Å². The van der Waals surface area contributed by atoms with Gasteiger partial charge in [-0.05, 0) is 25.7 Å². The van der Waals surface area contributed by atoms with E-state index in [0.29, 0.717) is 12.5 Å². The molecule has 1 atom stereocenters. The maximum absolute atomic E-state index is 11.8. The van der Waals surface area contributed by atoms with Crippen molar-refractivity contribution in [2.24, 2.45) is 5.92 Å². The molecule has 94 valence electrons. The topological polar surface area (TPSA) is 54.5 Å². The van der Waals surface area contributed by atoms with Crippen molar-refractivity contribution in [2.45, 2.75) is 30.4 Å². The Balaban J connectivity index is 2.48. The van der Waals surface area contributed by atoms with Gasteiger partial charge in [-0.15, -0.1) is 11.6 Å². The Morgan fingerprint density at radius 1 is 1.50 bits per heavy atom. The number of rotatable bonds is 4. The van der Waals surface area contributed by atoms with Crippen LogP contribution in [0.15, 0.2) is 0 Å². The molecule has 1 unspecified atom stereocenters. The lowest BCUT2D eigenvalue weighted by molar-refractivity contribution is -0.130. The molecule has 1 amide bonds. The Morgan fingerprint density at radius 2 is 2.00 bits per heavy atom. The lowest BCUT2D eigenvalue weighted by atomic mass is 9.84. The fourth-order valence-electron chi connectivity index (χ4n) is 1.77. The highest BCUT2D eigenvalue weighted by molar-refractivity contribution is 7.92. The molecule has 1 rings (SSSR count). The van der Waals surface area contributed by atoms with Gasteiger partial charge in [-0.2, -0.15) is 0 Å². The molecular formula is C10H18ClNO3S. The molecule has 0 N–H and O–H groups in total. The lowest BCUT2D eigenvalue weighted by Gasteiger charge is -2.34. The summed E-state index contributed by atoms with van der Waals surface area (Å²) in [5.74, 6) is 0.0868. The normalized spacial score (nSPS) is 27.0. The van der Waals surface area contributed by atoms with Crippen molar-refractivity contribution in [1.29, 1.82) is 0 Å². The molecule has 0 aromatic rings. The van der Waals surface area contributed by atoms with Gasteiger partial charge in [-0.1, -0.05) is 0 Å². The second-order valence-corrected chi connectivity index (χ2v) is 7.61. The highest BCUT2D eigenvalue weighted by atomic mass is 35.5.